The van der Waals surface area contributed by atoms with Crippen LogP contribution in [0.3, 0.4) is 0 Å². The normalized spacial score (nSPS) is 14.6. The number of rotatable bonds is 8. The van der Waals surface area contributed by atoms with Gasteiger partial charge in [-0.15, -0.1) is 0 Å². The van der Waals surface area contributed by atoms with Gasteiger partial charge in [-0.2, -0.15) is 0 Å². The predicted octanol–water partition coefficient (Wildman–Crippen LogP) is 5.00. The second kappa shape index (κ2) is 12.7. The zero-order chi connectivity index (χ0) is 30.8. The van der Waals surface area contributed by atoms with Crippen LogP contribution >= 0.6 is 23.2 Å². The van der Waals surface area contributed by atoms with Gasteiger partial charge in [0.05, 0.1) is 29.4 Å². The number of hydrogen-bond donors (Lipinski definition) is 2. The molecule has 0 saturated carbocycles. The maximum absolute atomic E-state index is 15.4. The average Bonchev–Trinajstić information content (AvgIpc) is 3.52. The van der Waals surface area contributed by atoms with Crippen molar-refractivity contribution in [1.82, 2.24) is 14.5 Å². The first-order chi connectivity index (χ1) is 20.6. The van der Waals surface area contributed by atoms with Crippen molar-refractivity contribution in [3.05, 3.63) is 103 Å². The molecule has 0 bridgehead atoms. The van der Waals surface area contributed by atoms with Gasteiger partial charge in [-0.1, -0.05) is 53.5 Å². The Labute approximate surface area is 256 Å². The molecule has 0 aliphatic carbocycles. The number of halogens is 3. The summed E-state index contributed by atoms with van der Waals surface area (Å²) in [5.74, 6) is -0.780. The lowest BCUT2D eigenvalue weighted by atomic mass is 9.97. The lowest BCUT2D eigenvalue weighted by Crippen LogP contribution is -2.40. The van der Waals surface area contributed by atoms with E-state index in [1.807, 2.05) is 0 Å². The molecule has 224 valence electrons. The molecule has 0 spiro atoms. The van der Waals surface area contributed by atoms with E-state index in [0.717, 1.165) is 15.6 Å². The van der Waals surface area contributed by atoms with Crippen LogP contribution in [0, 0.1) is 5.82 Å². The predicted molar refractivity (Wildman–Crippen MR) is 165 cm³/mol. The van der Waals surface area contributed by atoms with Crippen molar-refractivity contribution in [2.24, 2.45) is 14.1 Å². The summed E-state index contributed by atoms with van der Waals surface area (Å²) in [6.07, 6.45) is 2.04. The molecule has 12 heteroatoms. The van der Waals surface area contributed by atoms with Gasteiger partial charge in [0.1, 0.15) is 17.1 Å². The molecule has 0 unspecified atom stereocenters. The summed E-state index contributed by atoms with van der Waals surface area (Å²) in [7, 11) is 4.23. The Balaban J connectivity index is 1.47. The highest BCUT2D eigenvalue weighted by atomic mass is 35.5. The highest BCUT2D eigenvalue weighted by Crippen LogP contribution is 2.42. The topological polar surface area (TPSA) is 104 Å². The van der Waals surface area contributed by atoms with Gasteiger partial charge in [0.15, 0.2) is 0 Å². The number of nitrogens with zero attached hydrogens (tertiary/aromatic N) is 2. The molecule has 1 amide bonds. The van der Waals surface area contributed by atoms with E-state index in [-0.39, 0.29) is 28.9 Å². The molecule has 1 aromatic heterocycles. The quantitative estimate of drug-likeness (QED) is 0.285. The molecule has 3 aromatic carbocycles. The maximum atomic E-state index is 15.4. The number of ether oxygens (including phenoxy) is 2. The minimum absolute atomic E-state index is 0.159. The fourth-order valence-corrected chi connectivity index (χ4v) is 5.63. The molecule has 1 fully saturated rings. The first kappa shape index (κ1) is 30.5. The second-order valence-corrected chi connectivity index (χ2v) is 10.9. The Kier molecular flexibility index (Phi) is 9.03. The third kappa shape index (κ3) is 6.09. The Morgan fingerprint density at radius 2 is 1.77 bits per heavy atom. The molecule has 0 radical (unpaired) electrons. The zero-order valence-electron chi connectivity index (χ0n) is 23.7. The van der Waals surface area contributed by atoms with E-state index in [4.69, 9.17) is 32.7 Å². The van der Waals surface area contributed by atoms with E-state index in [0.29, 0.717) is 51.8 Å². The number of benzene rings is 3. The van der Waals surface area contributed by atoms with Crippen molar-refractivity contribution in [2.45, 2.75) is 19.0 Å². The first-order valence-electron chi connectivity index (χ1n) is 13.4. The Hall–Kier alpha value is -3.96. The summed E-state index contributed by atoms with van der Waals surface area (Å²) in [6.45, 7) is 1.56. The summed E-state index contributed by atoms with van der Waals surface area (Å²) in [6, 6.07) is 13.6. The van der Waals surface area contributed by atoms with E-state index < -0.39 is 23.0 Å². The average molecular weight is 627 g/mol. The Morgan fingerprint density at radius 3 is 2.47 bits per heavy atom. The number of aryl methyl sites for hydroxylation is 1. The molecule has 1 aliphatic heterocycles. The molecular weight excluding hydrogens is 598 g/mol. The zero-order valence-corrected chi connectivity index (χ0v) is 25.2. The van der Waals surface area contributed by atoms with Crippen molar-refractivity contribution in [3.63, 3.8) is 0 Å². The summed E-state index contributed by atoms with van der Waals surface area (Å²) >= 11 is 13.6. The lowest BCUT2D eigenvalue weighted by molar-refractivity contribution is 0.102. The van der Waals surface area contributed by atoms with Crippen molar-refractivity contribution >= 4 is 34.8 Å². The van der Waals surface area contributed by atoms with Gasteiger partial charge in [-0.25, -0.2) is 9.18 Å². The van der Waals surface area contributed by atoms with Crippen LogP contribution in [0.4, 0.5) is 10.1 Å². The van der Waals surface area contributed by atoms with E-state index in [1.54, 1.807) is 42.5 Å². The van der Waals surface area contributed by atoms with Crippen LogP contribution in [-0.4, -0.2) is 41.4 Å². The van der Waals surface area contributed by atoms with Gasteiger partial charge in [0.25, 0.3) is 11.5 Å². The molecule has 5 rings (SSSR count). The number of carbonyl (C=O) groups excluding carboxylic acids is 1. The molecular formula is C31H29Cl2FN4O5. The molecule has 4 aromatic rings. The molecule has 1 saturated heterocycles. The van der Waals surface area contributed by atoms with Crippen LogP contribution in [-0.2, 0) is 25.4 Å². The van der Waals surface area contributed by atoms with Crippen molar-refractivity contribution in [1.29, 1.82) is 0 Å². The third-order valence-corrected chi connectivity index (χ3v) is 8.22. The number of anilines is 1. The number of aromatic nitrogens is 2. The number of carbonyl (C=O) groups is 1. The number of hydrogen-bond acceptors (Lipinski definition) is 6. The van der Waals surface area contributed by atoms with E-state index in [9.17, 15) is 14.4 Å². The smallest absolute Gasteiger partial charge is 0.330 e. The number of amides is 1. The van der Waals surface area contributed by atoms with Crippen LogP contribution in [0.15, 0.2) is 64.3 Å². The Bertz CT molecular complexity index is 1830. The van der Waals surface area contributed by atoms with Gasteiger partial charge in [-0.3, -0.25) is 14.2 Å². The van der Waals surface area contributed by atoms with Gasteiger partial charge in [-0.05, 0) is 30.2 Å². The van der Waals surface area contributed by atoms with Crippen LogP contribution < -0.4 is 26.6 Å². The molecule has 1 atom stereocenters. The monoisotopic (exact) mass is 626 g/mol. The van der Waals surface area contributed by atoms with Gasteiger partial charge in [0, 0.05) is 61.7 Å². The van der Waals surface area contributed by atoms with Crippen LogP contribution in [0.5, 0.6) is 5.75 Å². The Morgan fingerprint density at radius 1 is 1.07 bits per heavy atom. The van der Waals surface area contributed by atoms with E-state index >= 15 is 4.39 Å². The van der Waals surface area contributed by atoms with Gasteiger partial charge in [0.2, 0.25) is 0 Å². The second-order valence-electron chi connectivity index (χ2n) is 10.2. The summed E-state index contributed by atoms with van der Waals surface area (Å²) in [5.41, 5.74) is 1.25. The summed E-state index contributed by atoms with van der Waals surface area (Å²) < 4.78 is 28.3. The minimum atomic E-state index is -0.736. The van der Waals surface area contributed by atoms with Crippen LogP contribution in [0.1, 0.15) is 22.3 Å². The first-order valence-corrected chi connectivity index (χ1v) is 14.2. The molecule has 1 aliphatic rings. The highest BCUT2D eigenvalue weighted by Gasteiger charge is 2.21. The maximum Gasteiger partial charge on any atom is 0.330 e. The fraction of sp³-hybridized carbons (Fsp3) is 0.258. The number of nitrogens with one attached hydrogen (secondary N) is 2. The third-order valence-electron chi connectivity index (χ3n) is 7.41. The molecule has 2 N–H and O–H groups in total. The van der Waals surface area contributed by atoms with E-state index in [1.165, 1.54) is 33.5 Å². The van der Waals surface area contributed by atoms with Gasteiger partial charge >= 0.3 is 5.69 Å². The molecule has 9 nitrogen and oxygen atoms in total. The number of methoxy groups -OCH3 is 1. The van der Waals surface area contributed by atoms with Gasteiger partial charge < -0.3 is 24.7 Å². The van der Waals surface area contributed by atoms with Crippen LogP contribution in [0.25, 0.3) is 22.3 Å². The molecule has 43 heavy (non-hydrogen) atoms. The summed E-state index contributed by atoms with van der Waals surface area (Å²) in [5, 5.41) is 6.46. The van der Waals surface area contributed by atoms with Crippen molar-refractivity contribution in [2.75, 3.05) is 25.6 Å². The molecule has 2 heterocycles. The van der Waals surface area contributed by atoms with E-state index in [2.05, 4.69) is 10.6 Å². The fourth-order valence-electron chi connectivity index (χ4n) is 5.02. The standard InChI is InChI=1S/C31H29Cl2FN4O5/c1-37-15-23(30(40)38(2)31(37)41)29(39)36-25-9-5-8-21(28(25)33)20-7-4-6-19(27(20)32)17-12-24(34)22(26(13-17)42-3)14-35-18-10-11-43-16-18/h4-9,12-13,15,18,35H,10-11,14,16H2,1-3H3,(H,36,39)/t18-/m0/s1. The minimum Gasteiger partial charge on any atom is -0.496 e. The highest BCUT2D eigenvalue weighted by molar-refractivity contribution is 6.39. The SMILES string of the molecule is COc1cc(-c2cccc(-c3cccc(NC(=O)c4cn(C)c(=O)n(C)c4=O)c3Cl)c2Cl)cc(F)c1CN[C@H]1CCOC1. The largest absolute Gasteiger partial charge is 0.496 e. The van der Waals surface area contributed by atoms with Crippen LogP contribution in [0.2, 0.25) is 10.0 Å². The van der Waals surface area contributed by atoms with Crippen molar-refractivity contribution < 1.29 is 18.7 Å². The summed E-state index contributed by atoms with van der Waals surface area (Å²) in [4.78, 5) is 37.6. The van der Waals surface area contributed by atoms with Crippen molar-refractivity contribution in [3.8, 4) is 28.0 Å². The lowest BCUT2D eigenvalue weighted by Gasteiger charge is -2.17.